The Bertz CT molecular complexity index is 1270. The van der Waals surface area contributed by atoms with Crippen LogP contribution in [0.4, 0.5) is 8.78 Å². The van der Waals surface area contributed by atoms with Gasteiger partial charge in [-0.25, -0.2) is 23.5 Å². The molecule has 0 saturated carbocycles. The number of allylic oxidation sites excluding steroid dienone is 1. The quantitative estimate of drug-likeness (QED) is 0.266. The molecule has 0 spiro atoms. The summed E-state index contributed by atoms with van der Waals surface area (Å²) in [5, 5.41) is 13.3. The second-order valence-electron chi connectivity index (χ2n) is 6.99. The van der Waals surface area contributed by atoms with Crippen molar-refractivity contribution in [3.05, 3.63) is 79.3 Å². The smallest absolute Gasteiger partial charge is 0.338 e. The van der Waals surface area contributed by atoms with E-state index in [2.05, 4.69) is 20.3 Å². The van der Waals surface area contributed by atoms with E-state index in [-0.39, 0.29) is 18.0 Å². The number of aromatic nitrogens is 2. The van der Waals surface area contributed by atoms with Crippen LogP contribution in [0.3, 0.4) is 0 Å². The predicted molar refractivity (Wildman–Crippen MR) is 121 cm³/mol. The van der Waals surface area contributed by atoms with Gasteiger partial charge in [0.05, 0.1) is 12.2 Å². The number of aliphatic imine (C=N–C) groups is 1. The van der Waals surface area contributed by atoms with E-state index in [1.165, 1.54) is 28.7 Å². The molecule has 0 radical (unpaired) electrons. The number of halogens is 2. The SMILES string of the molecule is CC1=C(C(=O)OCCc2cnc(C(=N)N)s2)C(c2ccc(F)c(F)c2)N=C(c2nccs2)N1. The van der Waals surface area contributed by atoms with Gasteiger partial charge in [-0.3, -0.25) is 10.4 Å². The van der Waals surface area contributed by atoms with Crippen LogP contribution in [0.15, 0.2) is 52.2 Å². The lowest BCUT2D eigenvalue weighted by Gasteiger charge is -2.25. The summed E-state index contributed by atoms with van der Waals surface area (Å²) in [5.41, 5.74) is 6.40. The van der Waals surface area contributed by atoms with Crippen LogP contribution in [0, 0.1) is 17.0 Å². The normalized spacial score (nSPS) is 15.7. The van der Waals surface area contributed by atoms with E-state index in [1.807, 2.05) is 0 Å². The Balaban J connectivity index is 1.57. The van der Waals surface area contributed by atoms with Crippen LogP contribution in [0.1, 0.15) is 33.4 Å². The summed E-state index contributed by atoms with van der Waals surface area (Å²) in [6, 6.07) is 2.51. The second kappa shape index (κ2) is 9.55. The van der Waals surface area contributed by atoms with Crippen LogP contribution in [-0.2, 0) is 16.0 Å². The topological polar surface area (TPSA) is 126 Å². The number of carbonyl (C=O) groups is 1. The molecule has 1 aromatic carbocycles. The van der Waals surface area contributed by atoms with Gasteiger partial charge < -0.3 is 15.8 Å². The number of rotatable bonds is 7. The van der Waals surface area contributed by atoms with Gasteiger partial charge in [-0.15, -0.1) is 22.7 Å². The molecule has 2 aromatic heterocycles. The number of nitrogen functional groups attached to an aromatic ring is 1. The van der Waals surface area contributed by atoms with E-state index < -0.39 is 23.6 Å². The zero-order valence-corrected chi connectivity index (χ0v) is 18.9. The first-order valence-corrected chi connectivity index (χ1v) is 11.4. The summed E-state index contributed by atoms with van der Waals surface area (Å²) in [6.45, 7) is 1.75. The molecule has 1 aliphatic rings. The fourth-order valence-corrected chi connectivity index (χ4v) is 4.53. The van der Waals surface area contributed by atoms with E-state index in [0.29, 0.717) is 33.5 Å². The number of benzene rings is 1. The summed E-state index contributed by atoms with van der Waals surface area (Å²) in [5.74, 6) is -2.35. The third-order valence-electron chi connectivity index (χ3n) is 4.72. The monoisotopic (exact) mass is 488 g/mol. The van der Waals surface area contributed by atoms with Gasteiger partial charge in [0.1, 0.15) is 6.04 Å². The third-order valence-corrected chi connectivity index (χ3v) is 6.59. The zero-order chi connectivity index (χ0) is 23.5. The van der Waals surface area contributed by atoms with Crippen molar-refractivity contribution in [1.82, 2.24) is 15.3 Å². The number of nitrogens with zero attached hydrogens (tertiary/aromatic N) is 3. The number of ether oxygens (including phenoxy) is 1. The zero-order valence-electron chi connectivity index (χ0n) is 17.3. The molecule has 4 rings (SSSR count). The summed E-state index contributed by atoms with van der Waals surface area (Å²) in [7, 11) is 0. The molecule has 1 aliphatic heterocycles. The molecule has 1 unspecified atom stereocenters. The molecule has 170 valence electrons. The minimum absolute atomic E-state index is 0.0582. The van der Waals surface area contributed by atoms with E-state index in [9.17, 15) is 13.6 Å². The molecule has 0 bridgehead atoms. The Labute approximate surface area is 195 Å². The number of nitrogens with two attached hydrogens (primary N) is 1. The average molecular weight is 489 g/mol. The Morgan fingerprint density at radius 2 is 2.12 bits per heavy atom. The fourth-order valence-electron chi connectivity index (χ4n) is 3.18. The van der Waals surface area contributed by atoms with Crippen molar-refractivity contribution < 1.29 is 18.3 Å². The molecule has 3 heterocycles. The lowest BCUT2D eigenvalue weighted by atomic mass is 9.96. The molecule has 1 atom stereocenters. The highest BCUT2D eigenvalue weighted by molar-refractivity contribution is 7.13. The highest BCUT2D eigenvalue weighted by atomic mass is 32.1. The first-order valence-electron chi connectivity index (χ1n) is 9.70. The Hall–Kier alpha value is -3.51. The van der Waals surface area contributed by atoms with Gasteiger partial charge >= 0.3 is 5.97 Å². The maximum absolute atomic E-state index is 14.0. The number of amidine groups is 2. The average Bonchev–Trinajstić information content (AvgIpc) is 3.47. The van der Waals surface area contributed by atoms with Gasteiger partial charge in [0.25, 0.3) is 0 Å². The highest BCUT2D eigenvalue weighted by Crippen LogP contribution is 2.33. The van der Waals surface area contributed by atoms with E-state index in [1.54, 1.807) is 24.7 Å². The van der Waals surface area contributed by atoms with Crippen molar-refractivity contribution in [2.75, 3.05) is 6.61 Å². The van der Waals surface area contributed by atoms with Crippen molar-refractivity contribution in [2.45, 2.75) is 19.4 Å². The van der Waals surface area contributed by atoms with Crippen molar-refractivity contribution in [3.8, 4) is 0 Å². The van der Waals surface area contributed by atoms with E-state index >= 15 is 0 Å². The number of hydrogen-bond acceptors (Lipinski definition) is 9. The largest absolute Gasteiger partial charge is 0.462 e. The van der Waals surface area contributed by atoms with Gasteiger partial charge in [-0.05, 0) is 24.6 Å². The molecule has 12 heteroatoms. The minimum Gasteiger partial charge on any atom is -0.462 e. The predicted octanol–water partition coefficient (Wildman–Crippen LogP) is 3.31. The molecular weight excluding hydrogens is 470 g/mol. The number of thiazole rings is 2. The molecule has 8 nitrogen and oxygen atoms in total. The molecule has 0 fully saturated rings. The molecule has 0 amide bonds. The number of esters is 1. The molecular formula is C21H18F2N6O2S2. The first kappa shape index (κ1) is 22.7. The number of hydrogen-bond donors (Lipinski definition) is 3. The van der Waals surface area contributed by atoms with Crippen LogP contribution in [-0.4, -0.2) is 34.2 Å². The number of carbonyl (C=O) groups excluding carboxylic acids is 1. The van der Waals surface area contributed by atoms with Crippen molar-refractivity contribution in [3.63, 3.8) is 0 Å². The first-order chi connectivity index (χ1) is 15.8. The second-order valence-corrected chi connectivity index (χ2v) is 9.00. The Kier molecular flexibility index (Phi) is 6.56. The molecule has 0 aliphatic carbocycles. The summed E-state index contributed by atoms with van der Waals surface area (Å²) in [6.07, 6.45) is 3.59. The Morgan fingerprint density at radius 3 is 2.79 bits per heavy atom. The van der Waals surface area contributed by atoms with Crippen LogP contribution in [0.5, 0.6) is 0 Å². The van der Waals surface area contributed by atoms with E-state index in [4.69, 9.17) is 15.9 Å². The maximum atomic E-state index is 14.0. The van der Waals surface area contributed by atoms with Gasteiger partial charge in [0, 0.05) is 34.8 Å². The van der Waals surface area contributed by atoms with Crippen LogP contribution in [0.2, 0.25) is 0 Å². The van der Waals surface area contributed by atoms with E-state index in [0.717, 1.165) is 17.0 Å². The maximum Gasteiger partial charge on any atom is 0.338 e. The fraction of sp³-hybridized carbons (Fsp3) is 0.190. The van der Waals surface area contributed by atoms with Crippen molar-refractivity contribution in [1.29, 1.82) is 5.41 Å². The summed E-state index contributed by atoms with van der Waals surface area (Å²) < 4.78 is 33.0. The van der Waals surface area contributed by atoms with Gasteiger partial charge in [0.15, 0.2) is 33.3 Å². The highest BCUT2D eigenvalue weighted by Gasteiger charge is 2.32. The van der Waals surface area contributed by atoms with Gasteiger partial charge in [0.2, 0.25) is 0 Å². The molecule has 33 heavy (non-hydrogen) atoms. The minimum atomic E-state index is -1.03. The standard InChI is InChI=1S/C21H18F2N6O2S2/c1-10-15(21(30)31-6-4-12-9-27-19(33-12)17(24)25)16(11-2-3-13(22)14(23)8-11)29-18(28-10)20-26-5-7-32-20/h2-3,5,7-9,16H,4,6H2,1H3,(H3,24,25)(H,28,29). The van der Waals surface area contributed by atoms with Crippen molar-refractivity contribution in [2.24, 2.45) is 10.7 Å². The summed E-state index contributed by atoms with van der Waals surface area (Å²) >= 11 is 2.60. The lowest BCUT2D eigenvalue weighted by Crippen LogP contribution is -2.33. The van der Waals surface area contributed by atoms with Crippen LogP contribution in [0.25, 0.3) is 0 Å². The molecule has 4 N–H and O–H groups in total. The van der Waals surface area contributed by atoms with Crippen LogP contribution >= 0.6 is 22.7 Å². The molecule has 3 aromatic rings. The summed E-state index contributed by atoms with van der Waals surface area (Å²) in [4.78, 5) is 26.6. The number of nitrogens with one attached hydrogen (secondary N) is 2. The third kappa shape index (κ3) is 4.96. The van der Waals surface area contributed by atoms with Crippen LogP contribution < -0.4 is 11.1 Å². The van der Waals surface area contributed by atoms with Gasteiger partial charge in [-0.2, -0.15) is 0 Å². The van der Waals surface area contributed by atoms with Crippen molar-refractivity contribution >= 4 is 40.3 Å². The Morgan fingerprint density at radius 1 is 1.30 bits per heavy atom. The lowest BCUT2D eigenvalue weighted by molar-refractivity contribution is -0.139. The van der Waals surface area contributed by atoms with Gasteiger partial charge in [-0.1, -0.05) is 6.07 Å². The molecule has 0 saturated heterocycles.